The van der Waals surface area contributed by atoms with E-state index in [4.69, 9.17) is 10.8 Å². The third-order valence-electron chi connectivity index (χ3n) is 4.05. The molecule has 3 rings (SSSR count). The van der Waals surface area contributed by atoms with Gasteiger partial charge in [-0.25, -0.2) is 0 Å². The van der Waals surface area contributed by atoms with E-state index in [0.29, 0.717) is 12.1 Å². The van der Waals surface area contributed by atoms with Crippen molar-refractivity contribution in [1.29, 1.82) is 0 Å². The van der Waals surface area contributed by atoms with E-state index in [2.05, 4.69) is 10.3 Å². The summed E-state index contributed by atoms with van der Waals surface area (Å²) in [6.45, 7) is 2.34. The van der Waals surface area contributed by atoms with Crippen molar-refractivity contribution < 1.29 is 9.90 Å². The van der Waals surface area contributed by atoms with Gasteiger partial charge < -0.3 is 16.2 Å². The van der Waals surface area contributed by atoms with Gasteiger partial charge in [0.1, 0.15) is 0 Å². The number of amides is 1. The van der Waals surface area contributed by atoms with Gasteiger partial charge in [0.25, 0.3) is 5.91 Å². The van der Waals surface area contributed by atoms with Crippen molar-refractivity contribution in [3.63, 3.8) is 0 Å². The van der Waals surface area contributed by atoms with Crippen LogP contribution in [0.5, 0.6) is 0 Å². The van der Waals surface area contributed by atoms with Gasteiger partial charge >= 0.3 is 0 Å². The summed E-state index contributed by atoms with van der Waals surface area (Å²) in [7, 11) is 0. The van der Waals surface area contributed by atoms with Gasteiger partial charge in [-0.05, 0) is 47.9 Å². The van der Waals surface area contributed by atoms with Crippen molar-refractivity contribution in [3.05, 3.63) is 70.9 Å². The van der Waals surface area contributed by atoms with E-state index in [1.165, 1.54) is 0 Å². The van der Waals surface area contributed by atoms with Crippen LogP contribution in [0.2, 0.25) is 0 Å². The summed E-state index contributed by atoms with van der Waals surface area (Å²) in [5.41, 5.74) is 10.4. The van der Waals surface area contributed by atoms with E-state index >= 15 is 0 Å². The van der Waals surface area contributed by atoms with Crippen LogP contribution in [0.4, 0.5) is 5.69 Å². The highest BCUT2D eigenvalue weighted by Gasteiger charge is 2.10. The molecule has 0 aliphatic rings. The Bertz CT molecular complexity index is 889. The molecule has 0 spiro atoms. The van der Waals surface area contributed by atoms with Crippen LogP contribution in [0.15, 0.2) is 48.7 Å². The number of carbonyl (C=O) groups is 1. The van der Waals surface area contributed by atoms with Crippen LogP contribution >= 0.6 is 0 Å². The Balaban J connectivity index is 1.88. The van der Waals surface area contributed by atoms with Gasteiger partial charge in [-0.15, -0.1) is 0 Å². The average Bonchev–Trinajstić information content (AvgIpc) is 2.63. The predicted molar refractivity (Wildman–Crippen MR) is 94.7 cm³/mol. The summed E-state index contributed by atoms with van der Waals surface area (Å²) in [6.07, 6.45) is 1.76. The highest BCUT2D eigenvalue weighted by molar-refractivity contribution is 6.05. The van der Waals surface area contributed by atoms with Crippen LogP contribution in [0.1, 0.15) is 27.0 Å². The first-order chi connectivity index (χ1) is 11.6. The molecule has 5 nitrogen and oxygen atoms in total. The smallest absolute Gasteiger partial charge is 0.255 e. The van der Waals surface area contributed by atoms with Crippen LogP contribution in [-0.2, 0) is 13.2 Å². The lowest BCUT2D eigenvalue weighted by Gasteiger charge is -2.11. The molecule has 122 valence electrons. The molecule has 1 amide bonds. The second kappa shape index (κ2) is 6.78. The normalized spacial score (nSPS) is 10.8. The Kier molecular flexibility index (Phi) is 4.55. The summed E-state index contributed by atoms with van der Waals surface area (Å²) >= 11 is 0. The summed E-state index contributed by atoms with van der Waals surface area (Å²) in [6, 6.07) is 12.7. The fourth-order valence-corrected chi connectivity index (χ4v) is 2.60. The molecule has 0 saturated carbocycles. The van der Waals surface area contributed by atoms with Crippen LogP contribution in [0, 0.1) is 6.92 Å². The third-order valence-corrected chi connectivity index (χ3v) is 4.05. The zero-order valence-electron chi connectivity index (χ0n) is 13.4. The van der Waals surface area contributed by atoms with Crippen LogP contribution in [0.25, 0.3) is 10.9 Å². The second-order valence-corrected chi connectivity index (χ2v) is 5.67. The van der Waals surface area contributed by atoms with Crippen LogP contribution in [0.3, 0.4) is 0 Å². The van der Waals surface area contributed by atoms with Crippen molar-refractivity contribution in [2.45, 2.75) is 20.1 Å². The van der Waals surface area contributed by atoms with Crippen molar-refractivity contribution in [2.75, 3.05) is 5.32 Å². The molecule has 2 aromatic carbocycles. The summed E-state index contributed by atoms with van der Waals surface area (Å²) < 4.78 is 0. The summed E-state index contributed by atoms with van der Waals surface area (Å²) in [5.74, 6) is -0.194. The fraction of sp³-hybridized carbons (Fsp3) is 0.158. The number of aryl methyl sites for hydroxylation is 1. The number of fused-ring (bicyclic) bond motifs is 1. The van der Waals surface area contributed by atoms with Gasteiger partial charge in [0.2, 0.25) is 0 Å². The Morgan fingerprint density at radius 1 is 1.17 bits per heavy atom. The number of carbonyl (C=O) groups excluding carboxylic acids is 1. The molecule has 4 N–H and O–H groups in total. The van der Waals surface area contributed by atoms with Gasteiger partial charge in [-0.3, -0.25) is 9.78 Å². The van der Waals surface area contributed by atoms with E-state index in [1.54, 1.807) is 30.5 Å². The topological polar surface area (TPSA) is 88.2 Å². The van der Waals surface area contributed by atoms with E-state index in [9.17, 15) is 4.79 Å². The second-order valence-electron chi connectivity index (χ2n) is 5.67. The van der Waals surface area contributed by atoms with Crippen molar-refractivity contribution in [2.24, 2.45) is 5.73 Å². The van der Waals surface area contributed by atoms with Crippen LogP contribution in [-0.4, -0.2) is 16.0 Å². The quantitative estimate of drug-likeness (QED) is 0.689. The number of hydrogen-bond acceptors (Lipinski definition) is 4. The average molecular weight is 321 g/mol. The zero-order chi connectivity index (χ0) is 17.1. The number of aliphatic hydroxyl groups is 1. The van der Waals surface area contributed by atoms with Crippen molar-refractivity contribution >= 4 is 22.5 Å². The Morgan fingerprint density at radius 3 is 2.58 bits per heavy atom. The first kappa shape index (κ1) is 16.1. The maximum atomic E-state index is 12.4. The molecule has 24 heavy (non-hydrogen) atoms. The maximum Gasteiger partial charge on any atom is 0.255 e. The monoisotopic (exact) mass is 321 g/mol. The number of nitrogens with one attached hydrogen (secondary N) is 1. The van der Waals surface area contributed by atoms with Gasteiger partial charge in [0, 0.05) is 29.4 Å². The number of hydrogen-bond donors (Lipinski definition) is 3. The third kappa shape index (κ3) is 3.13. The molecule has 0 aliphatic carbocycles. The summed E-state index contributed by atoms with van der Waals surface area (Å²) in [4.78, 5) is 16.8. The number of rotatable bonds is 4. The lowest BCUT2D eigenvalue weighted by Crippen LogP contribution is -2.13. The highest BCUT2D eigenvalue weighted by atomic mass is 16.3. The maximum absolute atomic E-state index is 12.4. The lowest BCUT2D eigenvalue weighted by atomic mass is 10.1. The van der Waals surface area contributed by atoms with E-state index in [1.807, 2.05) is 25.1 Å². The van der Waals surface area contributed by atoms with E-state index in [0.717, 1.165) is 33.3 Å². The SMILES string of the molecule is Cc1c(NC(=O)c2ccc(CO)cc2)ccc2cc(CN)cnc12. The molecule has 0 saturated heterocycles. The van der Waals surface area contributed by atoms with Gasteiger partial charge in [0.15, 0.2) is 0 Å². The molecule has 1 heterocycles. The zero-order valence-corrected chi connectivity index (χ0v) is 13.4. The van der Waals surface area contributed by atoms with E-state index in [-0.39, 0.29) is 12.5 Å². The molecule has 3 aromatic rings. The Labute approximate surface area is 140 Å². The number of aromatic nitrogens is 1. The minimum absolute atomic E-state index is 0.0395. The van der Waals surface area contributed by atoms with Gasteiger partial charge in [0.05, 0.1) is 12.1 Å². The molecule has 0 atom stereocenters. The molecule has 0 radical (unpaired) electrons. The lowest BCUT2D eigenvalue weighted by molar-refractivity contribution is 0.102. The number of anilines is 1. The highest BCUT2D eigenvalue weighted by Crippen LogP contribution is 2.25. The van der Waals surface area contributed by atoms with Crippen molar-refractivity contribution in [3.8, 4) is 0 Å². The molecular formula is C19H19N3O2. The number of nitrogens with two attached hydrogens (primary N) is 1. The standard InChI is InChI=1S/C19H19N3O2/c1-12-17(7-6-16-8-14(9-20)10-21-18(12)16)22-19(24)15-4-2-13(11-23)3-5-15/h2-8,10,23H,9,11,20H2,1H3,(H,22,24). The molecule has 1 aromatic heterocycles. The minimum atomic E-state index is -0.194. The first-order valence-corrected chi connectivity index (χ1v) is 7.72. The molecule has 0 fully saturated rings. The van der Waals surface area contributed by atoms with Crippen LogP contribution < -0.4 is 11.1 Å². The van der Waals surface area contributed by atoms with E-state index < -0.39 is 0 Å². The van der Waals surface area contributed by atoms with Crippen molar-refractivity contribution in [1.82, 2.24) is 4.98 Å². The number of pyridine rings is 1. The van der Waals surface area contributed by atoms with Gasteiger partial charge in [-0.2, -0.15) is 0 Å². The Morgan fingerprint density at radius 2 is 1.92 bits per heavy atom. The predicted octanol–water partition coefficient (Wildman–Crippen LogP) is 2.75. The molecule has 5 heteroatoms. The minimum Gasteiger partial charge on any atom is -0.392 e. The number of nitrogens with zero attached hydrogens (tertiary/aromatic N) is 1. The Hall–Kier alpha value is -2.76. The largest absolute Gasteiger partial charge is 0.392 e. The summed E-state index contributed by atoms with van der Waals surface area (Å²) in [5, 5.41) is 13.0. The first-order valence-electron chi connectivity index (χ1n) is 7.72. The molecular weight excluding hydrogens is 302 g/mol. The molecule has 0 unspecified atom stereocenters. The molecule has 0 aliphatic heterocycles. The number of aliphatic hydroxyl groups excluding tert-OH is 1. The number of benzene rings is 2. The molecule has 0 bridgehead atoms. The van der Waals surface area contributed by atoms with Gasteiger partial charge in [-0.1, -0.05) is 18.2 Å². The fourth-order valence-electron chi connectivity index (χ4n) is 2.60.